The van der Waals surface area contributed by atoms with E-state index in [-0.39, 0.29) is 23.4 Å². The number of phenolic OH excluding ortho intramolecular Hbond substituents is 1. The molecule has 0 radical (unpaired) electrons. The molecule has 9 nitrogen and oxygen atoms in total. The van der Waals surface area contributed by atoms with Crippen molar-refractivity contribution in [3.05, 3.63) is 102 Å². The minimum absolute atomic E-state index is 0.00865. The highest BCUT2D eigenvalue weighted by Gasteiger charge is 2.31. The Balaban J connectivity index is 1.24. The van der Waals surface area contributed by atoms with Gasteiger partial charge in [-0.2, -0.15) is 9.78 Å². The SMILES string of the molecule is Cc1cccc(CNC(=O)n2nc(-c3cc(NC(=O)c4cnc5ccccc5n4)ccc3O)cc2C2CC2)c1. The van der Waals surface area contributed by atoms with E-state index in [1.54, 1.807) is 18.2 Å². The number of aryl methyl sites for hydroxylation is 1. The molecule has 2 heterocycles. The third-order valence-electron chi connectivity index (χ3n) is 6.66. The van der Waals surface area contributed by atoms with Gasteiger partial charge in [-0.3, -0.25) is 9.78 Å². The van der Waals surface area contributed by atoms with Gasteiger partial charge >= 0.3 is 6.03 Å². The normalized spacial score (nSPS) is 12.8. The van der Waals surface area contributed by atoms with E-state index in [2.05, 4.69) is 25.7 Å². The molecule has 0 spiro atoms. The topological polar surface area (TPSA) is 122 Å². The summed E-state index contributed by atoms with van der Waals surface area (Å²) in [5, 5.41) is 21.0. The first kappa shape index (κ1) is 24.3. The Kier molecular flexibility index (Phi) is 6.24. The van der Waals surface area contributed by atoms with E-state index in [1.807, 2.05) is 55.5 Å². The number of nitrogens with one attached hydrogen (secondary N) is 2. The molecule has 9 heteroatoms. The number of anilines is 1. The summed E-state index contributed by atoms with van der Waals surface area (Å²) in [4.78, 5) is 34.7. The standard InChI is InChI=1S/C30H26N6O3/c1-18-5-4-6-19(13-18)16-32-30(39)36-27(20-9-10-20)15-25(35-36)22-14-21(11-12-28(22)37)33-29(38)26-17-31-23-7-2-3-8-24(23)34-26/h2-8,11-15,17,20,37H,9-10,16H2,1H3,(H,32,39)(H,33,38). The second-order valence-electron chi connectivity index (χ2n) is 9.72. The van der Waals surface area contributed by atoms with Crippen LogP contribution in [0.5, 0.6) is 5.75 Å². The number of para-hydroxylation sites is 2. The lowest BCUT2D eigenvalue weighted by atomic mass is 10.1. The maximum absolute atomic E-state index is 13.1. The molecule has 1 saturated carbocycles. The van der Waals surface area contributed by atoms with Crippen LogP contribution in [0.15, 0.2) is 79.0 Å². The molecule has 194 valence electrons. The Morgan fingerprint density at radius 2 is 1.82 bits per heavy atom. The quantitative estimate of drug-likeness (QED) is 0.259. The summed E-state index contributed by atoms with van der Waals surface area (Å²) in [7, 11) is 0. The molecule has 0 atom stereocenters. The Hall–Kier alpha value is -5.05. The van der Waals surface area contributed by atoms with Crippen LogP contribution in [0.4, 0.5) is 10.5 Å². The molecular formula is C30H26N6O3. The number of benzene rings is 3. The first-order valence-electron chi connectivity index (χ1n) is 12.7. The Morgan fingerprint density at radius 1 is 1.00 bits per heavy atom. The van der Waals surface area contributed by atoms with Crippen molar-refractivity contribution < 1.29 is 14.7 Å². The lowest BCUT2D eigenvalue weighted by Gasteiger charge is -2.09. The van der Waals surface area contributed by atoms with Gasteiger partial charge < -0.3 is 15.7 Å². The largest absolute Gasteiger partial charge is 0.507 e. The Bertz CT molecular complexity index is 1720. The monoisotopic (exact) mass is 518 g/mol. The van der Waals surface area contributed by atoms with Crippen molar-refractivity contribution in [3.8, 4) is 17.0 Å². The lowest BCUT2D eigenvalue weighted by molar-refractivity contribution is 0.102. The number of carbonyl (C=O) groups is 2. The number of fused-ring (bicyclic) bond motifs is 1. The summed E-state index contributed by atoms with van der Waals surface area (Å²) >= 11 is 0. The van der Waals surface area contributed by atoms with Crippen LogP contribution in [0, 0.1) is 6.92 Å². The molecule has 39 heavy (non-hydrogen) atoms. The molecule has 0 aliphatic heterocycles. The van der Waals surface area contributed by atoms with E-state index in [0.717, 1.165) is 29.7 Å². The lowest BCUT2D eigenvalue weighted by Crippen LogP contribution is -2.30. The van der Waals surface area contributed by atoms with Gasteiger partial charge in [-0.1, -0.05) is 42.0 Å². The average molecular weight is 519 g/mol. The summed E-state index contributed by atoms with van der Waals surface area (Å²) in [6.45, 7) is 2.39. The number of aromatic nitrogens is 4. The van der Waals surface area contributed by atoms with Crippen LogP contribution in [-0.2, 0) is 6.54 Å². The van der Waals surface area contributed by atoms with Crippen LogP contribution in [-0.4, -0.2) is 36.8 Å². The first-order valence-corrected chi connectivity index (χ1v) is 12.7. The van der Waals surface area contributed by atoms with Crippen molar-refractivity contribution in [2.75, 3.05) is 5.32 Å². The maximum atomic E-state index is 13.1. The van der Waals surface area contributed by atoms with Crippen molar-refractivity contribution in [1.29, 1.82) is 0 Å². The second-order valence-corrected chi connectivity index (χ2v) is 9.72. The summed E-state index contributed by atoms with van der Waals surface area (Å²) in [5.41, 5.74) is 5.72. The number of rotatable bonds is 6. The number of phenols is 1. The molecule has 2 aromatic heterocycles. The Labute approximate surface area is 224 Å². The van der Waals surface area contributed by atoms with Crippen LogP contribution in [0.2, 0.25) is 0 Å². The average Bonchev–Trinajstić information content (AvgIpc) is 3.70. The van der Waals surface area contributed by atoms with Gasteiger partial charge in [0, 0.05) is 23.7 Å². The summed E-state index contributed by atoms with van der Waals surface area (Å²) in [6, 6.07) is 21.5. The van der Waals surface area contributed by atoms with Crippen molar-refractivity contribution in [2.24, 2.45) is 0 Å². The fraction of sp³-hybridized carbons (Fsp3) is 0.167. The summed E-state index contributed by atoms with van der Waals surface area (Å²) < 4.78 is 1.39. The smallest absolute Gasteiger partial charge is 0.342 e. The number of aromatic hydroxyl groups is 1. The summed E-state index contributed by atoms with van der Waals surface area (Å²) in [6.07, 6.45) is 3.38. The predicted octanol–water partition coefficient (Wildman–Crippen LogP) is 5.39. The minimum Gasteiger partial charge on any atom is -0.507 e. The molecule has 2 amide bonds. The van der Waals surface area contributed by atoms with Gasteiger partial charge in [0.15, 0.2) is 0 Å². The van der Waals surface area contributed by atoms with Crippen molar-refractivity contribution in [3.63, 3.8) is 0 Å². The van der Waals surface area contributed by atoms with E-state index in [9.17, 15) is 14.7 Å². The number of hydrogen-bond donors (Lipinski definition) is 3. The van der Waals surface area contributed by atoms with E-state index >= 15 is 0 Å². The van der Waals surface area contributed by atoms with E-state index in [0.29, 0.717) is 34.5 Å². The van der Waals surface area contributed by atoms with Crippen LogP contribution >= 0.6 is 0 Å². The second kappa shape index (κ2) is 10.0. The number of nitrogens with zero attached hydrogens (tertiary/aromatic N) is 4. The van der Waals surface area contributed by atoms with Crippen LogP contribution in [0.25, 0.3) is 22.3 Å². The van der Waals surface area contributed by atoms with E-state index in [4.69, 9.17) is 0 Å². The fourth-order valence-electron chi connectivity index (χ4n) is 4.52. The molecular weight excluding hydrogens is 492 g/mol. The molecule has 5 aromatic rings. The molecule has 3 aromatic carbocycles. The van der Waals surface area contributed by atoms with E-state index < -0.39 is 5.91 Å². The number of hydrogen-bond acceptors (Lipinski definition) is 6. The minimum atomic E-state index is -0.426. The van der Waals surface area contributed by atoms with Gasteiger partial charge in [0.1, 0.15) is 11.4 Å². The molecule has 0 saturated heterocycles. The molecule has 1 fully saturated rings. The van der Waals surface area contributed by atoms with Gasteiger partial charge in [0.25, 0.3) is 5.91 Å². The van der Waals surface area contributed by atoms with Crippen molar-refractivity contribution in [1.82, 2.24) is 25.1 Å². The van der Waals surface area contributed by atoms with Crippen LogP contribution in [0.3, 0.4) is 0 Å². The molecule has 6 rings (SSSR count). The zero-order valence-corrected chi connectivity index (χ0v) is 21.3. The molecule has 1 aliphatic rings. The van der Waals surface area contributed by atoms with E-state index in [1.165, 1.54) is 16.9 Å². The highest BCUT2D eigenvalue weighted by molar-refractivity contribution is 6.04. The summed E-state index contributed by atoms with van der Waals surface area (Å²) in [5.74, 6) is -0.192. The molecule has 0 unspecified atom stereocenters. The predicted molar refractivity (Wildman–Crippen MR) is 148 cm³/mol. The fourth-order valence-corrected chi connectivity index (χ4v) is 4.52. The molecule has 0 bridgehead atoms. The van der Waals surface area contributed by atoms with Gasteiger partial charge in [-0.05, 0) is 61.7 Å². The number of carbonyl (C=O) groups excluding carboxylic acids is 2. The number of amides is 2. The highest BCUT2D eigenvalue weighted by atomic mass is 16.3. The molecule has 3 N–H and O–H groups in total. The maximum Gasteiger partial charge on any atom is 0.342 e. The Morgan fingerprint density at radius 3 is 2.62 bits per heavy atom. The first-order chi connectivity index (χ1) is 18.9. The van der Waals surface area contributed by atoms with Gasteiger partial charge in [0.2, 0.25) is 0 Å². The third kappa shape index (κ3) is 5.19. The van der Waals surface area contributed by atoms with Gasteiger partial charge in [-0.15, -0.1) is 0 Å². The zero-order chi connectivity index (χ0) is 26.9. The van der Waals surface area contributed by atoms with Crippen molar-refractivity contribution >= 4 is 28.7 Å². The van der Waals surface area contributed by atoms with Crippen LogP contribution < -0.4 is 10.6 Å². The highest BCUT2D eigenvalue weighted by Crippen LogP contribution is 2.42. The third-order valence-corrected chi connectivity index (χ3v) is 6.66. The molecule has 1 aliphatic carbocycles. The van der Waals surface area contributed by atoms with Gasteiger partial charge in [-0.25, -0.2) is 9.78 Å². The van der Waals surface area contributed by atoms with Crippen LogP contribution in [0.1, 0.15) is 46.1 Å². The van der Waals surface area contributed by atoms with Crippen molar-refractivity contribution in [2.45, 2.75) is 32.2 Å². The zero-order valence-electron chi connectivity index (χ0n) is 21.3. The van der Waals surface area contributed by atoms with Gasteiger partial charge in [0.05, 0.1) is 28.6 Å².